The van der Waals surface area contributed by atoms with Crippen LogP contribution in [0.2, 0.25) is 0 Å². The number of nitrogens with zero attached hydrogens (tertiary/aromatic N) is 1. The quantitative estimate of drug-likeness (QED) is 0.431. The monoisotopic (exact) mass is 503 g/mol. The lowest BCUT2D eigenvalue weighted by Gasteiger charge is -2.42. The Morgan fingerprint density at radius 3 is 2.35 bits per heavy atom. The average Bonchev–Trinajstić information content (AvgIpc) is 3.28. The van der Waals surface area contributed by atoms with E-state index in [0.29, 0.717) is 5.56 Å². The Hall–Kier alpha value is -3.06. The predicted molar refractivity (Wildman–Crippen MR) is 148 cm³/mol. The van der Waals surface area contributed by atoms with Crippen LogP contribution < -0.4 is 21.3 Å². The van der Waals surface area contributed by atoms with Crippen LogP contribution in [-0.2, 0) is 11.3 Å². The number of hydrogen-bond donors (Lipinski definition) is 4. The van der Waals surface area contributed by atoms with Crippen LogP contribution in [0.5, 0.6) is 0 Å². The Morgan fingerprint density at radius 2 is 1.65 bits per heavy atom. The van der Waals surface area contributed by atoms with Gasteiger partial charge in [0.25, 0.3) is 5.91 Å². The summed E-state index contributed by atoms with van der Waals surface area (Å²) in [6.07, 6.45) is 7.20. The van der Waals surface area contributed by atoms with Gasteiger partial charge in [-0.1, -0.05) is 30.7 Å². The number of likely N-dealkylation sites (tertiary alicyclic amines) is 1. The summed E-state index contributed by atoms with van der Waals surface area (Å²) in [6.45, 7) is 7.27. The Bertz CT molecular complexity index is 1090. The van der Waals surface area contributed by atoms with E-state index in [1.807, 2.05) is 44.2 Å². The second-order valence-electron chi connectivity index (χ2n) is 11.3. The number of amides is 2. The van der Waals surface area contributed by atoms with E-state index < -0.39 is 5.79 Å². The van der Waals surface area contributed by atoms with Gasteiger partial charge in [0.05, 0.1) is 11.4 Å². The summed E-state index contributed by atoms with van der Waals surface area (Å²) in [4.78, 5) is 28.5. The van der Waals surface area contributed by atoms with Crippen LogP contribution in [0.3, 0.4) is 0 Å². The third-order valence-corrected chi connectivity index (χ3v) is 8.09. The fourth-order valence-corrected chi connectivity index (χ4v) is 6.13. The third-order valence-electron chi connectivity index (χ3n) is 8.09. The van der Waals surface area contributed by atoms with Gasteiger partial charge in [-0.15, -0.1) is 0 Å². The lowest BCUT2D eigenvalue weighted by atomic mass is 9.77. The van der Waals surface area contributed by atoms with E-state index in [2.05, 4.69) is 44.4 Å². The molecule has 5 rings (SSSR count). The predicted octanol–water partition coefficient (Wildman–Crippen LogP) is 4.92. The standard InChI is InChI=1S/C30H41N5O2/c1-21(2)31-28(36)24-12-14-25(15-13-24)30(34-29(37)23-9-5-3-6-10-23)32-26-16-11-22(19-27(26)33-30)20-35-17-7-4-8-18-35/h3,5-6,9-11,16,19,21,24-25,32-33H,4,7-8,12-15,17-18,20H2,1-2H3,(H,31,36)(H,34,37). The molecule has 2 aliphatic heterocycles. The molecule has 1 saturated carbocycles. The minimum atomic E-state index is -0.793. The molecular weight excluding hydrogens is 462 g/mol. The molecule has 0 aromatic heterocycles. The van der Waals surface area contributed by atoms with Gasteiger partial charge in [0.2, 0.25) is 5.91 Å². The van der Waals surface area contributed by atoms with E-state index in [0.717, 1.165) is 56.7 Å². The van der Waals surface area contributed by atoms with Crippen molar-refractivity contribution in [2.75, 3.05) is 23.7 Å². The molecule has 3 aliphatic rings. The van der Waals surface area contributed by atoms with Crippen molar-refractivity contribution in [1.29, 1.82) is 0 Å². The van der Waals surface area contributed by atoms with Crippen molar-refractivity contribution in [2.45, 2.75) is 77.2 Å². The van der Waals surface area contributed by atoms with Gasteiger partial charge in [-0.05, 0) is 95.3 Å². The highest BCUT2D eigenvalue weighted by Crippen LogP contribution is 2.43. The number of nitrogens with one attached hydrogen (secondary N) is 4. The fourth-order valence-electron chi connectivity index (χ4n) is 6.13. The Labute approximate surface area is 220 Å². The number of fused-ring (bicyclic) bond motifs is 1. The van der Waals surface area contributed by atoms with Gasteiger partial charge in [-0.3, -0.25) is 14.5 Å². The molecule has 198 valence electrons. The van der Waals surface area contributed by atoms with E-state index in [9.17, 15) is 9.59 Å². The van der Waals surface area contributed by atoms with E-state index in [-0.39, 0.29) is 29.7 Å². The third kappa shape index (κ3) is 5.93. The smallest absolute Gasteiger partial charge is 0.254 e. The number of benzene rings is 2. The molecule has 0 spiro atoms. The molecule has 0 radical (unpaired) electrons. The molecule has 4 N–H and O–H groups in total. The van der Waals surface area contributed by atoms with Crippen LogP contribution in [0.25, 0.3) is 0 Å². The Balaban J connectivity index is 1.34. The van der Waals surface area contributed by atoms with E-state index >= 15 is 0 Å². The molecule has 7 nitrogen and oxygen atoms in total. The van der Waals surface area contributed by atoms with Gasteiger partial charge in [0, 0.05) is 30.0 Å². The first-order valence-electron chi connectivity index (χ1n) is 14.0. The molecule has 2 amide bonds. The zero-order valence-electron chi connectivity index (χ0n) is 22.2. The molecule has 2 aromatic carbocycles. The number of hydrogen-bond acceptors (Lipinski definition) is 5. The highest BCUT2D eigenvalue weighted by molar-refractivity contribution is 5.96. The largest absolute Gasteiger partial charge is 0.354 e. The summed E-state index contributed by atoms with van der Waals surface area (Å²) < 4.78 is 0. The lowest BCUT2D eigenvalue weighted by molar-refractivity contribution is -0.126. The van der Waals surface area contributed by atoms with Crippen LogP contribution in [-0.4, -0.2) is 41.6 Å². The topological polar surface area (TPSA) is 85.5 Å². The SMILES string of the molecule is CC(C)NC(=O)C1CCC(C2(NC(=O)c3ccccc3)Nc3ccc(CN4CCCCC4)cc3N2)CC1. The molecule has 1 saturated heterocycles. The first-order chi connectivity index (χ1) is 17.9. The Morgan fingerprint density at radius 1 is 0.946 bits per heavy atom. The van der Waals surface area contributed by atoms with Gasteiger partial charge in [-0.2, -0.15) is 0 Å². The van der Waals surface area contributed by atoms with Crippen LogP contribution in [0.15, 0.2) is 48.5 Å². The average molecular weight is 504 g/mol. The summed E-state index contributed by atoms with van der Waals surface area (Å²) in [6, 6.07) is 16.1. The summed E-state index contributed by atoms with van der Waals surface area (Å²) >= 11 is 0. The maximum Gasteiger partial charge on any atom is 0.254 e. The number of carbonyl (C=O) groups excluding carboxylic acids is 2. The Kier molecular flexibility index (Phi) is 7.70. The van der Waals surface area contributed by atoms with Gasteiger partial charge in [0.1, 0.15) is 0 Å². The molecule has 0 bridgehead atoms. The first-order valence-corrected chi connectivity index (χ1v) is 14.0. The van der Waals surface area contributed by atoms with Gasteiger partial charge in [-0.25, -0.2) is 0 Å². The lowest BCUT2D eigenvalue weighted by Crippen LogP contribution is -2.63. The van der Waals surface area contributed by atoms with E-state index in [1.54, 1.807) is 0 Å². The zero-order chi connectivity index (χ0) is 25.8. The summed E-state index contributed by atoms with van der Waals surface area (Å²) in [5.41, 5.74) is 3.96. The number of carbonyl (C=O) groups is 2. The number of anilines is 2. The van der Waals surface area contributed by atoms with E-state index in [4.69, 9.17) is 0 Å². The summed E-state index contributed by atoms with van der Waals surface area (Å²) in [7, 11) is 0. The van der Waals surface area contributed by atoms with Crippen LogP contribution in [0.1, 0.15) is 74.7 Å². The van der Waals surface area contributed by atoms with Crippen LogP contribution in [0, 0.1) is 11.8 Å². The molecule has 7 heteroatoms. The molecule has 1 unspecified atom stereocenters. The van der Waals surface area contributed by atoms with Gasteiger partial charge < -0.3 is 21.3 Å². The maximum absolute atomic E-state index is 13.4. The molecule has 2 fully saturated rings. The molecule has 37 heavy (non-hydrogen) atoms. The minimum Gasteiger partial charge on any atom is -0.354 e. The van der Waals surface area contributed by atoms with E-state index in [1.165, 1.54) is 24.8 Å². The van der Waals surface area contributed by atoms with Crippen molar-refractivity contribution in [1.82, 2.24) is 15.5 Å². The molecule has 1 aliphatic carbocycles. The van der Waals surface area contributed by atoms with Crippen molar-refractivity contribution < 1.29 is 9.59 Å². The second-order valence-corrected chi connectivity index (χ2v) is 11.3. The van der Waals surface area contributed by atoms with Crippen molar-refractivity contribution >= 4 is 23.2 Å². The maximum atomic E-state index is 13.4. The van der Waals surface area contributed by atoms with Crippen LogP contribution >= 0.6 is 0 Å². The normalized spacial score (nSPS) is 25.6. The van der Waals surface area contributed by atoms with Crippen LogP contribution in [0.4, 0.5) is 11.4 Å². The summed E-state index contributed by atoms with van der Waals surface area (Å²) in [5, 5.41) is 13.8. The number of rotatable bonds is 7. The minimum absolute atomic E-state index is 0.0282. The summed E-state index contributed by atoms with van der Waals surface area (Å²) in [5.74, 6) is -0.588. The van der Waals surface area contributed by atoms with Gasteiger partial charge in [0.15, 0.2) is 5.79 Å². The highest BCUT2D eigenvalue weighted by atomic mass is 16.2. The second kappa shape index (κ2) is 11.1. The molecule has 1 atom stereocenters. The van der Waals surface area contributed by atoms with Crippen molar-refractivity contribution in [3.05, 3.63) is 59.7 Å². The van der Waals surface area contributed by atoms with Crippen molar-refractivity contribution in [2.24, 2.45) is 11.8 Å². The van der Waals surface area contributed by atoms with Crippen molar-refractivity contribution in [3.8, 4) is 0 Å². The fraction of sp³-hybridized carbons (Fsp3) is 0.533. The first kappa shape index (κ1) is 25.6. The molecule has 2 heterocycles. The van der Waals surface area contributed by atoms with Crippen molar-refractivity contribution in [3.63, 3.8) is 0 Å². The zero-order valence-corrected chi connectivity index (χ0v) is 22.2. The molecular formula is C30H41N5O2. The number of piperidine rings is 1. The highest BCUT2D eigenvalue weighted by Gasteiger charge is 2.46. The molecule has 2 aromatic rings. The van der Waals surface area contributed by atoms with Gasteiger partial charge >= 0.3 is 0 Å².